The van der Waals surface area contributed by atoms with Crippen LogP contribution >= 0.6 is 11.8 Å². The molecule has 7 nitrogen and oxygen atoms in total. The summed E-state index contributed by atoms with van der Waals surface area (Å²) in [6.07, 6.45) is 1.33. The second-order valence-corrected chi connectivity index (χ2v) is 6.69. The molecule has 3 N–H and O–H groups in total. The fraction of sp³-hybridized carbons (Fsp3) is 0.176. The Morgan fingerprint density at radius 1 is 1.33 bits per heavy atom. The van der Waals surface area contributed by atoms with E-state index in [0.29, 0.717) is 11.8 Å². The van der Waals surface area contributed by atoms with Crippen LogP contribution in [-0.2, 0) is 9.59 Å². The molecule has 1 aliphatic heterocycles. The van der Waals surface area contributed by atoms with Crippen molar-refractivity contribution in [3.63, 3.8) is 0 Å². The summed E-state index contributed by atoms with van der Waals surface area (Å²) in [6.45, 7) is 3.57. The van der Waals surface area contributed by atoms with E-state index in [-0.39, 0.29) is 28.6 Å². The lowest BCUT2D eigenvalue weighted by Crippen LogP contribution is -2.36. The molecule has 0 spiro atoms. The van der Waals surface area contributed by atoms with Crippen LogP contribution in [0.5, 0.6) is 0 Å². The highest BCUT2D eigenvalue weighted by Crippen LogP contribution is 2.30. The highest BCUT2D eigenvalue weighted by atomic mass is 32.2. The molecule has 0 saturated carbocycles. The first-order valence-electron chi connectivity index (χ1n) is 7.82. The van der Waals surface area contributed by atoms with Crippen LogP contribution in [0.3, 0.4) is 0 Å². The third kappa shape index (κ3) is 4.22. The lowest BCUT2D eigenvalue weighted by molar-refractivity contribution is -0.123. The first-order chi connectivity index (χ1) is 12.9. The van der Waals surface area contributed by atoms with E-state index in [1.165, 1.54) is 11.8 Å². The van der Waals surface area contributed by atoms with Gasteiger partial charge in [-0.3, -0.25) is 14.4 Å². The number of aromatic nitrogens is 2. The molecule has 1 aliphatic rings. The normalized spacial score (nSPS) is 15.6. The van der Waals surface area contributed by atoms with Crippen molar-refractivity contribution in [2.45, 2.75) is 17.5 Å². The van der Waals surface area contributed by atoms with E-state index >= 15 is 0 Å². The summed E-state index contributed by atoms with van der Waals surface area (Å²) in [5, 5.41) is 5.08. The number of nitrogens with zero attached hydrogens (tertiary/aromatic N) is 1. The van der Waals surface area contributed by atoms with Gasteiger partial charge >= 0.3 is 0 Å². The Kier molecular flexibility index (Phi) is 5.36. The van der Waals surface area contributed by atoms with Gasteiger partial charge in [-0.05, 0) is 12.1 Å². The zero-order chi connectivity index (χ0) is 19.6. The van der Waals surface area contributed by atoms with Gasteiger partial charge in [0, 0.05) is 23.9 Å². The number of carbonyl (C=O) groups is 2. The molecular formula is C17H14F2N4O3S. The molecular weight excluding hydrogens is 378 g/mol. The number of nitrogens with one attached hydrogen (secondary N) is 3. The Bertz CT molecular complexity index is 972. The Balaban J connectivity index is 1.93. The van der Waals surface area contributed by atoms with Gasteiger partial charge in [0.05, 0.1) is 11.5 Å². The molecule has 2 aromatic rings. The van der Waals surface area contributed by atoms with Crippen LogP contribution in [0, 0.1) is 11.6 Å². The summed E-state index contributed by atoms with van der Waals surface area (Å²) < 4.78 is 26.6. The van der Waals surface area contributed by atoms with Gasteiger partial charge in [-0.1, -0.05) is 17.8 Å². The highest BCUT2D eigenvalue weighted by molar-refractivity contribution is 7.99. The minimum Gasteiger partial charge on any atom is -0.325 e. The number of H-pyrrole nitrogens is 1. The first-order valence-corrected chi connectivity index (χ1v) is 8.80. The van der Waals surface area contributed by atoms with Gasteiger partial charge < -0.3 is 15.6 Å². The molecule has 0 saturated heterocycles. The molecule has 0 aliphatic carbocycles. The van der Waals surface area contributed by atoms with Crippen molar-refractivity contribution in [3.05, 3.63) is 58.4 Å². The summed E-state index contributed by atoms with van der Waals surface area (Å²) >= 11 is 1.20. The van der Waals surface area contributed by atoms with E-state index in [2.05, 4.69) is 27.2 Å². The van der Waals surface area contributed by atoms with Crippen LogP contribution in [0.1, 0.15) is 17.9 Å². The largest absolute Gasteiger partial charge is 0.325 e. The molecule has 27 heavy (non-hydrogen) atoms. The molecule has 1 atom stereocenters. The minimum absolute atomic E-state index is 0.00728. The Morgan fingerprint density at radius 3 is 2.70 bits per heavy atom. The summed E-state index contributed by atoms with van der Waals surface area (Å²) in [7, 11) is 0. The minimum atomic E-state index is -1.14. The number of carbonyl (C=O) groups excluding carboxylic acids is 2. The lowest BCUT2D eigenvalue weighted by atomic mass is 9.92. The Hall–Kier alpha value is -3.01. The lowest BCUT2D eigenvalue weighted by Gasteiger charge is -2.23. The third-order valence-electron chi connectivity index (χ3n) is 3.71. The molecule has 140 valence electrons. The molecule has 1 aromatic heterocycles. The summed E-state index contributed by atoms with van der Waals surface area (Å²) in [4.78, 5) is 43.7. The number of halogens is 2. The van der Waals surface area contributed by atoms with Gasteiger partial charge in [-0.25, -0.2) is 13.8 Å². The van der Waals surface area contributed by atoms with Crippen molar-refractivity contribution < 1.29 is 18.4 Å². The highest BCUT2D eigenvalue weighted by Gasteiger charge is 2.34. The number of rotatable bonds is 5. The van der Waals surface area contributed by atoms with Crippen LogP contribution in [0.2, 0.25) is 0 Å². The molecule has 0 unspecified atom stereocenters. The molecule has 0 fully saturated rings. The summed E-state index contributed by atoms with van der Waals surface area (Å²) in [6, 6.07) is 2.53. The van der Waals surface area contributed by atoms with Gasteiger partial charge in [0.1, 0.15) is 17.5 Å². The molecule has 2 amide bonds. The number of thioether (sulfide) groups is 1. The van der Waals surface area contributed by atoms with E-state index in [4.69, 9.17) is 0 Å². The third-order valence-corrected chi connectivity index (χ3v) is 4.58. The fourth-order valence-corrected chi connectivity index (χ4v) is 3.23. The van der Waals surface area contributed by atoms with Gasteiger partial charge in [0.2, 0.25) is 11.8 Å². The van der Waals surface area contributed by atoms with Crippen LogP contribution in [0.15, 0.2) is 40.8 Å². The van der Waals surface area contributed by atoms with Crippen molar-refractivity contribution in [2.75, 3.05) is 16.4 Å². The maximum atomic E-state index is 13.3. The zero-order valence-electron chi connectivity index (χ0n) is 13.8. The average Bonchev–Trinajstić information content (AvgIpc) is 2.57. The van der Waals surface area contributed by atoms with Gasteiger partial charge in [0.15, 0.2) is 5.16 Å². The molecule has 10 heteroatoms. The standard InChI is InChI=1S/C17H14F2N4O3S/c1-2-3-27-17-22-14-13(16(26)23-17)11(7-12(24)21-14)15(25)20-10-5-8(18)4-9(19)6-10/h2,4-6,11H,1,3,7H2,(H,20,25)(H2,21,22,23,24,26)/t11-/m1/s1. The second kappa shape index (κ2) is 7.70. The van der Waals surface area contributed by atoms with Crippen molar-refractivity contribution in [3.8, 4) is 0 Å². The number of hydrogen-bond acceptors (Lipinski definition) is 5. The molecule has 3 rings (SSSR count). The zero-order valence-corrected chi connectivity index (χ0v) is 14.7. The maximum Gasteiger partial charge on any atom is 0.257 e. The van der Waals surface area contributed by atoms with Gasteiger partial charge in [-0.15, -0.1) is 6.58 Å². The van der Waals surface area contributed by atoms with Crippen molar-refractivity contribution in [1.29, 1.82) is 0 Å². The van der Waals surface area contributed by atoms with Crippen LogP contribution in [0.4, 0.5) is 20.3 Å². The SMILES string of the molecule is C=CCSc1nc2c(c(=O)[nH]1)[C@H](C(=O)Nc1cc(F)cc(F)c1)CC(=O)N2. The predicted octanol–water partition coefficient (Wildman–Crippen LogP) is 2.39. The van der Waals surface area contributed by atoms with Crippen molar-refractivity contribution >= 4 is 35.1 Å². The smallest absolute Gasteiger partial charge is 0.257 e. The van der Waals surface area contributed by atoms with E-state index in [9.17, 15) is 23.2 Å². The molecule has 2 heterocycles. The number of fused-ring (bicyclic) bond motifs is 1. The topological polar surface area (TPSA) is 104 Å². The van der Waals surface area contributed by atoms with Crippen LogP contribution in [0.25, 0.3) is 0 Å². The van der Waals surface area contributed by atoms with Crippen LogP contribution < -0.4 is 16.2 Å². The fourth-order valence-electron chi connectivity index (χ4n) is 2.64. The number of aromatic amines is 1. The Morgan fingerprint density at radius 2 is 2.04 bits per heavy atom. The summed E-state index contributed by atoms with van der Waals surface area (Å²) in [5.74, 6) is -3.63. The predicted molar refractivity (Wildman–Crippen MR) is 96.8 cm³/mol. The first kappa shape index (κ1) is 18.8. The summed E-state index contributed by atoms with van der Waals surface area (Å²) in [5.41, 5.74) is -0.698. The van der Waals surface area contributed by atoms with Crippen molar-refractivity contribution in [2.24, 2.45) is 0 Å². The molecule has 0 radical (unpaired) electrons. The second-order valence-electron chi connectivity index (χ2n) is 5.69. The molecule has 0 bridgehead atoms. The van der Waals surface area contributed by atoms with E-state index < -0.39 is 34.9 Å². The molecule has 1 aromatic carbocycles. The average molecular weight is 392 g/mol. The Labute approximate surface area is 156 Å². The van der Waals surface area contributed by atoms with Crippen LogP contribution in [-0.4, -0.2) is 27.5 Å². The van der Waals surface area contributed by atoms with Crippen molar-refractivity contribution in [1.82, 2.24) is 9.97 Å². The number of amides is 2. The van der Waals surface area contributed by atoms with Gasteiger partial charge in [-0.2, -0.15) is 0 Å². The van der Waals surface area contributed by atoms with E-state index in [0.717, 1.165) is 12.1 Å². The van der Waals surface area contributed by atoms with E-state index in [1.54, 1.807) is 6.08 Å². The van der Waals surface area contributed by atoms with Gasteiger partial charge in [0.25, 0.3) is 5.56 Å². The number of benzene rings is 1. The number of hydrogen-bond donors (Lipinski definition) is 3. The van der Waals surface area contributed by atoms with E-state index in [1.807, 2.05) is 0 Å². The maximum absolute atomic E-state index is 13.3. The monoisotopic (exact) mass is 392 g/mol. The quantitative estimate of drug-likeness (QED) is 0.412. The number of anilines is 2.